The fraction of sp³-hybridized carbons (Fsp3) is 0.357. The van der Waals surface area contributed by atoms with Gasteiger partial charge in [-0.05, 0) is 42.3 Å². The van der Waals surface area contributed by atoms with E-state index in [1.165, 1.54) is 35.0 Å². The Balaban J connectivity index is 1.79. The number of likely N-dealkylation sites (N-methyl/N-ethyl adjacent to an activating group) is 1. The van der Waals surface area contributed by atoms with E-state index in [1.54, 1.807) is 38.2 Å². The summed E-state index contributed by atoms with van der Waals surface area (Å²) in [7, 11) is 1.46. The molecule has 3 aromatic rings. The lowest BCUT2D eigenvalue weighted by Gasteiger charge is -2.30. The number of aliphatic carboxylic acids is 1. The van der Waals surface area contributed by atoms with Gasteiger partial charge in [0.25, 0.3) is 0 Å². The number of hydrogen-bond acceptors (Lipinski definition) is 7. The molecule has 0 spiro atoms. The van der Waals surface area contributed by atoms with Crippen molar-refractivity contribution in [1.29, 1.82) is 0 Å². The Morgan fingerprint density at radius 1 is 1.18 bits per heavy atom. The minimum absolute atomic E-state index is 0.0346. The third kappa shape index (κ3) is 6.11. The molecule has 0 saturated heterocycles. The van der Waals surface area contributed by atoms with Gasteiger partial charge in [-0.2, -0.15) is 0 Å². The van der Waals surface area contributed by atoms with Crippen LogP contribution in [0.3, 0.4) is 0 Å². The van der Waals surface area contributed by atoms with E-state index in [9.17, 15) is 34.4 Å². The molecule has 4 bridgehead atoms. The Morgan fingerprint density at radius 3 is 2.62 bits per heavy atom. The maximum absolute atomic E-state index is 13.3. The highest BCUT2D eigenvalue weighted by Crippen LogP contribution is 2.35. The summed E-state index contributed by atoms with van der Waals surface area (Å²) in [6.07, 6.45) is 1.67. The fourth-order valence-corrected chi connectivity index (χ4v) is 4.79. The summed E-state index contributed by atoms with van der Waals surface area (Å²) in [5.41, 5.74) is 0.217. The number of nitro benzene ring substituents is 1. The number of carboxylic acid groups (broad SMARTS) is 1. The second kappa shape index (κ2) is 11.2. The second-order valence-corrected chi connectivity index (χ2v) is 10.5. The average Bonchev–Trinajstić information content (AvgIpc) is 3.29. The van der Waals surface area contributed by atoms with Gasteiger partial charge in [0.15, 0.2) is 5.78 Å². The lowest BCUT2D eigenvalue weighted by Crippen LogP contribution is -2.46. The summed E-state index contributed by atoms with van der Waals surface area (Å²) in [6, 6.07) is 8.93. The zero-order valence-electron chi connectivity index (χ0n) is 22.4. The van der Waals surface area contributed by atoms with E-state index in [1.807, 2.05) is 0 Å². The van der Waals surface area contributed by atoms with Gasteiger partial charge in [0.2, 0.25) is 17.6 Å². The van der Waals surface area contributed by atoms with Crippen LogP contribution in [0.25, 0.3) is 10.9 Å². The van der Waals surface area contributed by atoms with Crippen LogP contribution in [0, 0.1) is 15.5 Å². The maximum atomic E-state index is 13.3. The topological polar surface area (TPSA) is 163 Å². The molecule has 0 unspecified atom stereocenters. The molecule has 0 saturated carbocycles. The minimum atomic E-state index is -1.20. The zero-order chi connectivity index (χ0) is 29.2. The van der Waals surface area contributed by atoms with Crippen LogP contribution in [0.4, 0.5) is 5.69 Å². The van der Waals surface area contributed by atoms with Crippen LogP contribution >= 0.6 is 0 Å². The Hall–Kier alpha value is -4.74. The summed E-state index contributed by atoms with van der Waals surface area (Å²) >= 11 is 0. The first-order valence-electron chi connectivity index (χ1n) is 12.7. The maximum Gasteiger partial charge on any atom is 0.311 e. The van der Waals surface area contributed by atoms with E-state index in [-0.39, 0.29) is 49.5 Å². The number of carbonyl (C=O) groups excluding carboxylic acids is 3. The fourth-order valence-electron chi connectivity index (χ4n) is 4.79. The molecule has 12 nitrogen and oxygen atoms in total. The molecule has 0 fully saturated rings. The molecule has 2 heterocycles. The SMILES string of the molecule is CN1CC(=O)N(CCC(=O)O)CCc2c[nH]c3ccc(cc23)Oc2cc(ccc2[N+](=O)[O-])C(=O)CC(C)(C)C1=O. The lowest BCUT2D eigenvalue weighted by molar-refractivity contribution is -0.385. The van der Waals surface area contributed by atoms with Crippen molar-refractivity contribution in [2.24, 2.45) is 5.41 Å². The van der Waals surface area contributed by atoms with E-state index in [4.69, 9.17) is 4.74 Å². The van der Waals surface area contributed by atoms with Crippen molar-refractivity contribution in [3.63, 3.8) is 0 Å². The Kier molecular flexibility index (Phi) is 7.89. The number of benzene rings is 2. The molecule has 40 heavy (non-hydrogen) atoms. The van der Waals surface area contributed by atoms with Crippen LogP contribution < -0.4 is 4.74 Å². The highest BCUT2D eigenvalue weighted by molar-refractivity contribution is 6.00. The van der Waals surface area contributed by atoms with Crippen molar-refractivity contribution in [3.8, 4) is 11.5 Å². The van der Waals surface area contributed by atoms with E-state index >= 15 is 0 Å². The van der Waals surface area contributed by atoms with Crippen LogP contribution in [0.15, 0.2) is 42.6 Å². The molecule has 0 radical (unpaired) electrons. The molecule has 4 rings (SSSR count). The monoisotopic (exact) mass is 550 g/mol. The van der Waals surface area contributed by atoms with Crippen LogP contribution in [0.1, 0.15) is 42.6 Å². The van der Waals surface area contributed by atoms with E-state index in [2.05, 4.69) is 4.98 Å². The number of fused-ring (bicyclic) bond motifs is 3. The van der Waals surface area contributed by atoms with Crippen molar-refractivity contribution in [2.45, 2.75) is 33.1 Å². The van der Waals surface area contributed by atoms with Gasteiger partial charge >= 0.3 is 11.7 Å². The third-order valence-corrected chi connectivity index (χ3v) is 6.95. The molecule has 2 amide bonds. The van der Waals surface area contributed by atoms with Gasteiger partial charge in [-0.15, -0.1) is 0 Å². The molecule has 2 N–H and O–H groups in total. The number of amides is 2. The van der Waals surface area contributed by atoms with Gasteiger partial charge < -0.3 is 24.6 Å². The van der Waals surface area contributed by atoms with Gasteiger partial charge in [0.05, 0.1) is 23.3 Å². The van der Waals surface area contributed by atoms with E-state index in [0.29, 0.717) is 12.2 Å². The van der Waals surface area contributed by atoms with Crippen LogP contribution in [-0.2, 0) is 20.8 Å². The molecule has 2 aromatic carbocycles. The molecule has 12 heteroatoms. The van der Waals surface area contributed by atoms with Gasteiger partial charge in [-0.25, -0.2) is 0 Å². The number of rotatable bonds is 4. The van der Waals surface area contributed by atoms with E-state index < -0.39 is 33.9 Å². The molecular weight excluding hydrogens is 520 g/mol. The number of carbonyl (C=O) groups is 4. The summed E-state index contributed by atoms with van der Waals surface area (Å²) in [5.74, 6) is -2.15. The van der Waals surface area contributed by atoms with Crippen molar-refractivity contribution in [3.05, 3.63) is 63.8 Å². The number of nitrogens with one attached hydrogen (secondary N) is 1. The summed E-state index contributed by atoms with van der Waals surface area (Å²) in [6.45, 7) is 3.04. The number of aromatic amines is 1. The summed E-state index contributed by atoms with van der Waals surface area (Å²) < 4.78 is 5.92. The van der Waals surface area contributed by atoms with Gasteiger partial charge in [0.1, 0.15) is 5.75 Å². The molecule has 0 aliphatic carbocycles. The Bertz CT molecular complexity index is 1510. The summed E-state index contributed by atoms with van der Waals surface area (Å²) in [4.78, 5) is 67.8. The summed E-state index contributed by atoms with van der Waals surface area (Å²) in [5, 5.41) is 21.7. The van der Waals surface area contributed by atoms with E-state index in [0.717, 1.165) is 16.5 Å². The van der Waals surface area contributed by atoms with Gasteiger partial charge in [0, 0.05) is 55.3 Å². The van der Waals surface area contributed by atoms with Gasteiger partial charge in [-0.1, -0.05) is 13.8 Å². The number of hydrogen-bond donors (Lipinski definition) is 2. The number of ether oxygens (including phenoxy) is 1. The Labute approximate surface area is 229 Å². The second-order valence-electron chi connectivity index (χ2n) is 10.5. The van der Waals surface area contributed by atoms with Crippen molar-refractivity contribution in [2.75, 3.05) is 26.7 Å². The first-order valence-corrected chi connectivity index (χ1v) is 12.7. The standard InChI is InChI=1S/C28H30N4O8/c1-28(2)14-23(33)17-4-7-22(32(38)39)24(12-17)40-19-5-6-21-20(13-19)18(15-29-21)8-10-31(11-9-26(35)36)25(34)16-30(3)27(28)37/h4-7,12-13,15,29H,8-11,14,16H2,1-3H3,(H,35,36). The number of nitro groups is 1. The number of ketones is 1. The third-order valence-electron chi connectivity index (χ3n) is 6.95. The Morgan fingerprint density at radius 2 is 1.93 bits per heavy atom. The molecule has 1 aromatic heterocycles. The normalized spacial score (nSPS) is 16.5. The molecule has 1 aliphatic rings. The predicted molar refractivity (Wildman–Crippen MR) is 144 cm³/mol. The lowest BCUT2D eigenvalue weighted by atomic mass is 9.84. The average molecular weight is 551 g/mol. The van der Waals surface area contributed by atoms with Crippen LogP contribution in [0.5, 0.6) is 11.5 Å². The molecule has 1 aliphatic heterocycles. The van der Waals surface area contributed by atoms with Crippen molar-refractivity contribution < 1.29 is 33.9 Å². The van der Waals surface area contributed by atoms with Crippen molar-refractivity contribution in [1.82, 2.24) is 14.8 Å². The highest BCUT2D eigenvalue weighted by atomic mass is 16.6. The number of aromatic nitrogens is 1. The number of nitrogens with zero attached hydrogens (tertiary/aromatic N) is 3. The largest absolute Gasteiger partial charge is 0.481 e. The molecule has 0 atom stereocenters. The van der Waals surface area contributed by atoms with Crippen molar-refractivity contribution >= 4 is 40.2 Å². The smallest absolute Gasteiger partial charge is 0.311 e. The first kappa shape index (κ1) is 28.3. The minimum Gasteiger partial charge on any atom is -0.481 e. The zero-order valence-corrected chi connectivity index (χ0v) is 22.4. The molecule has 210 valence electrons. The van der Waals surface area contributed by atoms with Crippen LogP contribution in [0.2, 0.25) is 0 Å². The van der Waals surface area contributed by atoms with Crippen LogP contribution in [-0.4, -0.2) is 75.1 Å². The number of carboxylic acids is 1. The number of H-pyrrole nitrogens is 1. The predicted octanol–water partition coefficient (Wildman–Crippen LogP) is 3.79. The first-order chi connectivity index (χ1) is 18.9. The number of Topliss-reactive ketones (excluding diaryl/α,β-unsaturated/α-hetero) is 1. The quantitative estimate of drug-likeness (QED) is 0.366. The van der Waals surface area contributed by atoms with Gasteiger partial charge in [-0.3, -0.25) is 29.3 Å². The highest BCUT2D eigenvalue weighted by Gasteiger charge is 2.35. The molecular formula is C28H30N4O8.